The number of fused-ring (bicyclic) bond motifs is 1. The maximum Gasteiger partial charge on any atom is 0.226 e. The van der Waals surface area contributed by atoms with E-state index in [4.69, 9.17) is 15.2 Å². The Hall–Kier alpha value is -2.41. The normalized spacial score (nSPS) is 26.7. The van der Waals surface area contributed by atoms with Crippen molar-refractivity contribution >= 4 is 5.95 Å². The van der Waals surface area contributed by atoms with Crippen LogP contribution in [-0.2, 0) is 12.8 Å². The van der Waals surface area contributed by atoms with Crippen molar-refractivity contribution in [3.8, 4) is 17.3 Å². The summed E-state index contributed by atoms with van der Waals surface area (Å²) in [6.45, 7) is 3.31. The summed E-state index contributed by atoms with van der Waals surface area (Å²) < 4.78 is 0. The van der Waals surface area contributed by atoms with Gasteiger partial charge in [0.15, 0.2) is 0 Å². The molecule has 2 heterocycles. The topological polar surface area (TPSA) is 52.8 Å². The van der Waals surface area contributed by atoms with E-state index in [-0.39, 0.29) is 5.92 Å². The van der Waals surface area contributed by atoms with Crippen molar-refractivity contribution in [2.45, 2.75) is 51.0 Å². The highest BCUT2D eigenvalue weighted by atomic mass is 15.3. The van der Waals surface area contributed by atoms with E-state index in [9.17, 15) is 0 Å². The van der Waals surface area contributed by atoms with E-state index in [1.807, 2.05) is 0 Å². The maximum absolute atomic E-state index is 9.13. The van der Waals surface area contributed by atoms with Crippen LogP contribution in [-0.4, -0.2) is 22.6 Å². The monoisotopic (exact) mass is 330 g/mol. The third-order valence-electron chi connectivity index (χ3n) is 6.04. The number of aromatic nitrogens is 2. The lowest BCUT2D eigenvalue weighted by Crippen LogP contribution is -2.46. The summed E-state index contributed by atoms with van der Waals surface area (Å²) in [6, 6.07) is 11.6. The van der Waals surface area contributed by atoms with Gasteiger partial charge in [-0.1, -0.05) is 18.2 Å². The first-order valence-corrected chi connectivity index (χ1v) is 9.41. The van der Waals surface area contributed by atoms with Crippen LogP contribution in [0.25, 0.3) is 11.3 Å². The van der Waals surface area contributed by atoms with Gasteiger partial charge in [-0.25, -0.2) is 9.97 Å². The van der Waals surface area contributed by atoms with E-state index < -0.39 is 0 Å². The van der Waals surface area contributed by atoms with Gasteiger partial charge in [0.2, 0.25) is 5.95 Å². The Morgan fingerprint density at radius 1 is 1.24 bits per heavy atom. The quantitative estimate of drug-likeness (QED) is 0.857. The molecule has 4 nitrogen and oxygen atoms in total. The smallest absolute Gasteiger partial charge is 0.226 e. The highest BCUT2D eigenvalue weighted by Gasteiger charge is 2.38. The molecule has 5 rings (SSSR count). The van der Waals surface area contributed by atoms with Crippen molar-refractivity contribution in [2.75, 3.05) is 11.4 Å². The lowest BCUT2D eigenvalue weighted by Gasteiger charge is -2.39. The molecule has 0 spiro atoms. The Labute approximate surface area is 148 Å². The molecule has 25 heavy (non-hydrogen) atoms. The summed E-state index contributed by atoms with van der Waals surface area (Å²) in [4.78, 5) is 12.2. The van der Waals surface area contributed by atoms with Gasteiger partial charge in [-0.2, -0.15) is 5.26 Å². The van der Waals surface area contributed by atoms with Gasteiger partial charge < -0.3 is 4.90 Å². The summed E-state index contributed by atoms with van der Waals surface area (Å²) in [5.74, 6) is 1.51. The molecule has 0 amide bonds. The average molecular weight is 330 g/mol. The van der Waals surface area contributed by atoms with E-state index in [1.165, 1.54) is 35.2 Å². The van der Waals surface area contributed by atoms with E-state index in [2.05, 4.69) is 42.2 Å². The summed E-state index contributed by atoms with van der Waals surface area (Å²) in [7, 11) is 0. The van der Waals surface area contributed by atoms with Gasteiger partial charge >= 0.3 is 0 Å². The molecule has 3 aliphatic rings. The minimum absolute atomic E-state index is 0.198. The third-order valence-corrected chi connectivity index (χ3v) is 6.04. The van der Waals surface area contributed by atoms with E-state index >= 15 is 0 Å². The molecule has 1 saturated heterocycles. The van der Waals surface area contributed by atoms with Crippen molar-refractivity contribution in [1.29, 1.82) is 5.26 Å². The molecule has 2 aromatic rings. The number of rotatable bonds is 3. The van der Waals surface area contributed by atoms with Gasteiger partial charge in [0.25, 0.3) is 0 Å². The third kappa shape index (κ3) is 2.41. The molecule has 1 aromatic heterocycles. The Bertz CT molecular complexity index is 882. The number of hydrogen-bond donors (Lipinski definition) is 0. The Morgan fingerprint density at radius 3 is 2.88 bits per heavy atom. The van der Waals surface area contributed by atoms with Crippen LogP contribution in [0.2, 0.25) is 0 Å². The summed E-state index contributed by atoms with van der Waals surface area (Å²) in [5.41, 5.74) is 6.17. The predicted molar refractivity (Wildman–Crippen MR) is 97.4 cm³/mol. The summed E-state index contributed by atoms with van der Waals surface area (Å²) in [5, 5.41) is 9.13. The second-order valence-corrected chi connectivity index (χ2v) is 7.69. The SMILES string of the molecule is C[C@H]1CCN1c1nc2c(c(-c3cccc([C@H]4C[C@@H]4C#N)c3)n1)CCC2. The Balaban J connectivity index is 1.57. The van der Waals surface area contributed by atoms with Crippen LogP contribution in [0.3, 0.4) is 0 Å². The minimum Gasteiger partial charge on any atom is -0.338 e. The average Bonchev–Trinajstić information content (AvgIpc) is 3.28. The van der Waals surface area contributed by atoms with Gasteiger partial charge in [0, 0.05) is 35.3 Å². The van der Waals surface area contributed by atoms with Crippen LogP contribution in [0, 0.1) is 17.2 Å². The zero-order valence-electron chi connectivity index (χ0n) is 14.6. The van der Waals surface area contributed by atoms with Crippen LogP contribution in [0.15, 0.2) is 24.3 Å². The largest absolute Gasteiger partial charge is 0.338 e. The number of nitrogens with zero attached hydrogens (tertiary/aromatic N) is 4. The molecule has 1 aliphatic heterocycles. The van der Waals surface area contributed by atoms with Crippen LogP contribution in [0.5, 0.6) is 0 Å². The first-order valence-electron chi connectivity index (χ1n) is 9.41. The number of hydrogen-bond acceptors (Lipinski definition) is 4. The number of anilines is 1. The second-order valence-electron chi connectivity index (χ2n) is 7.69. The summed E-state index contributed by atoms with van der Waals surface area (Å²) in [6.07, 6.45) is 5.55. The van der Waals surface area contributed by atoms with Crippen LogP contribution in [0.4, 0.5) is 5.95 Å². The van der Waals surface area contributed by atoms with E-state index in [1.54, 1.807) is 0 Å². The van der Waals surface area contributed by atoms with Crippen molar-refractivity contribution in [1.82, 2.24) is 9.97 Å². The summed E-state index contributed by atoms with van der Waals surface area (Å²) >= 11 is 0. The fourth-order valence-electron chi connectivity index (χ4n) is 4.22. The number of nitriles is 1. The first-order chi connectivity index (χ1) is 12.2. The van der Waals surface area contributed by atoms with E-state index in [0.29, 0.717) is 12.0 Å². The number of benzene rings is 1. The van der Waals surface area contributed by atoms with Crippen molar-refractivity contribution in [3.05, 3.63) is 41.1 Å². The first kappa shape index (κ1) is 14.9. The van der Waals surface area contributed by atoms with Crippen molar-refractivity contribution in [2.24, 2.45) is 5.92 Å². The molecule has 0 bridgehead atoms. The predicted octanol–water partition coefficient (Wildman–Crippen LogP) is 3.86. The molecule has 3 atom stereocenters. The molecular weight excluding hydrogens is 308 g/mol. The lowest BCUT2D eigenvalue weighted by molar-refractivity contribution is 0.470. The van der Waals surface area contributed by atoms with Gasteiger partial charge in [-0.05, 0) is 50.7 Å². The Kier molecular flexibility index (Phi) is 3.31. The maximum atomic E-state index is 9.13. The zero-order chi connectivity index (χ0) is 17.0. The molecule has 1 saturated carbocycles. The lowest BCUT2D eigenvalue weighted by atomic mass is 10.00. The van der Waals surface area contributed by atoms with Crippen molar-refractivity contribution in [3.63, 3.8) is 0 Å². The minimum atomic E-state index is 0.198. The standard InChI is InChI=1S/C21H22N4/c1-13-8-9-25(13)21-23-19-7-3-6-17(19)20(24-21)15-5-2-4-14(10-15)18-11-16(18)12-22/h2,4-5,10,13,16,18H,3,6-9,11H2,1H3/t13-,16+,18+/m0/s1. The molecular formula is C21H22N4. The fraction of sp³-hybridized carbons (Fsp3) is 0.476. The van der Waals surface area contributed by atoms with Gasteiger partial charge in [-0.15, -0.1) is 0 Å². The second kappa shape index (κ2) is 5.56. The van der Waals surface area contributed by atoms with Crippen LogP contribution >= 0.6 is 0 Å². The number of aryl methyl sites for hydroxylation is 1. The fourth-order valence-corrected chi connectivity index (χ4v) is 4.22. The molecule has 0 unspecified atom stereocenters. The molecule has 126 valence electrons. The highest BCUT2D eigenvalue weighted by molar-refractivity contribution is 5.67. The zero-order valence-corrected chi connectivity index (χ0v) is 14.6. The van der Waals surface area contributed by atoms with Gasteiger partial charge in [0.05, 0.1) is 17.7 Å². The highest BCUT2D eigenvalue weighted by Crippen LogP contribution is 2.47. The molecule has 0 radical (unpaired) electrons. The Morgan fingerprint density at radius 2 is 2.16 bits per heavy atom. The molecule has 2 aliphatic carbocycles. The van der Waals surface area contributed by atoms with Gasteiger partial charge in [-0.3, -0.25) is 0 Å². The van der Waals surface area contributed by atoms with E-state index in [0.717, 1.165) is 37.4 Å². The molecule has 0 N–H and O–H groups in total. The molecule has 2 fully saturated rings. The van der Waals surface area contributed by atoms with Crippen molar-refractivity contribution < 1.29 is 0 Å². The van der Waals surface area contributed by atoms with Crippen LogP contribution < -0.4 is 4.90 Å². The molecule has 1 aromatic carbocycles. The molecule has 4 heteroatoms. The van der Waals surface area contributed by atoms with Crippen LogP contribution in [0.1, 0.15) is 48.9 Å². The van der Waals surface area contributed by atoms with Gasteiger partial charge in [0.1, 0.15) is 0 Å².